The van der Waals surface area contributed by atoms with Crippen LogP contribution >= 0.6 is 0 Å². The normalized spacial score (nSPS) is 12.0. The van der Waals surface area contributed by atoms with Crippen LogP contribution in [0.25, 0.3) is 0 Å². The minimum Gasteiger partial charge on any atom is -0.207 e. The molecule has 0 aromatic heterocycles. The third-order valence-corrected chi connectivity index (χ3v) is 3.30. The molecule has 1 aromatic rings. The van der Waals surface area contributed by atoms with E-state index in [4.69, 9.17) is 0 Å². The highest BCUT2D eigenvalue weighted by molar-refractivity contribution is 7.89. The van der Waals surface area contributed by atoms with Crippen molar-refractivity contribution in [3.05, 3.63) is 30.1 Å². The minimum absolute atomic E-state index is 0.0856. The fraction of sp³-hybridized carbons (Fsp3) is 0.250. The molecule has 1 rings (SSSR count). The van der Waals surface area contributed by atoms with Crippen molar-refractivity contribution < 1.29 is 12.8 Å². The lowest BCUT2D eigenvalue weighted by Gasteiger charge is -2.10. The van der Waals surface area contributed by atoms with E-state index < -0.39 is 15.8 Å². The van der Waals surface area contributed by atoms with Crippen LogP contribution in [0, 0.1) is 11.9 Å². The largest absolute Gasteiger partial charge is 0.242 e. The third-order valence-electron chi connectivity index (χ3n) is 1.51. The maximum Gasteiger partial charge on any atom is 0.242 e. The summed E-state index contributed by atoms with van der Waals surface area (Å²) < 4.78 is 36.5. The van der Waals surface area contributed by atoms with Gasteiger partial charge in [-0.25, -0.2) is 17.1 Å². The molecule has 13 heavy (non-hydrogen) atoms. The first kappa shape index (κ1) is 10.1. The maximum atomic E-state index is 12.6. The van der Waals surface area contributed by atoms with Crippen molar-refractivity contribution >= 4 is 10.0 Å². The first-order chi connectivity index (χ1) is 5.94. The van der Waals surface area contributed by atoms with Crippen molar-refractivity contribution in [2.75, 3.05) is 14.1 Å². The Kier molecular flexibility index (Phi) is 2.68. The quantitative estimate of drug-likeness (QED) is 0.713. The van der Waals surface area contributed by atoms with Gasteiger partial charge >= 0.3 is 0 Å². The zero-order valence-corrected chi connectivity index (χ0v) is 8.10. The Bertz CT molecular complexity index is 400. The Hall–Kier alpha value is -0.940. The molecule has 71 valence electrons. The van der Waals surface area contributed by atoms with Gasteiger partial charge in [0.15, 0.2) is 0 Å². The van der Waals surface area contributed by atoms with Crippen LogP contribution in [-0.4, -0.2) is 26.8 Å². The Morgan fingerprint density at radius 2 is 2.00 bits per heavy atom. The number of nitrogens with zero attached hydrogens (tertiary/aromatic N) is 1. The van der Waals surface area contributed by atoms with E-state index >= 15 is 0 Å². The lowest BCUT2D eigenvalue weighted by atomic mass is 10.4. The molecule has 0 N–H and O–H groups in total. The van der Waals surface area contributed by atoms with Gasteiger partial charge in [0, 0.05) is 14.1 Å². The minimum atomic E-state index is -3.54. The van der Waals surface area contributed by atoms with Crippen molar-refractivity contribution in [3.63, 3.8) is 0 Å². The topological polar surface area (TPSA) is 37.4 Å². The van der Waals surface area contributed by atoms with Crippen LogP contribution in [0.1, 0.15) is 0 Å². The summed E-state index contributed by atoms with van der Waals surface area (Å²) in [6, 6.07) is 5.69. The molecule has 0 spiro atoms. The first-order valence-corrected chi connectivity index (χ1v) is 4.98. The Labute approximate surface area is 76.8 Å². The molecule has 0 bridgehead atoms. The molecule has 0 atom stereocenters. The Morgan fingerprint density at radius 3 is 2.46 bits per heavy atom. The predicted octanol–water partition coefficient (Wildman–Crippen LogP) is 0.876. The van der Waals surface area contributed by atoms with Gasteiger partial charge in [-0.15, -0.1) is 0 Å². The summed E-state index contributed by atoms with van der Waals surface area (Å²) in [6.07, 6.45) is 0. The molecule has 0 aliphatic carbocycles. The van der Waals surface area contributed by atoms with Crippen molar-refractivity contribution in [2.45, 2.75) is 4.90 Å². The average Bonchev–Trinajstić information content (AvgIpc) is 2.04. The molecule has 0 aliphatic heterocycles. The second-order valence-electron chi connectivity index (χ2n) is 2.67. The summed E-state index contributed by atoms with van der Waals surface area (Å²) >= 11 is 0. The van der Waals surface area contributed by atoms with E-state index in [9.17, 15) is 12.8 Å². The van der Waals surface area contributed by atoms with Gasteiger partial charge in [0.2, 0.25) is 10.0 Å². The molecular weight excluding hydrogens is 193 g/mol. The van der Waals surface area contributed by atoms with Gasteiger partial charge in [0.1, 0.15) is 5.82 Å². The van der Waals surface area contributed by atoms with Crippen LogP contribution < -0.4 is 0 Å². The SMILES string of the molecule is CN(C)S(=O)(=O)c1c[c]cc(F)c1. The number of hydrogen-bond donors (Lipinski definition) is 0. The fourth-order valence-corrected chi connectivity index (χ4v) is 1.68. The lowest BCUT2D eigenvalue weighted by Crippen LogP contribution is -2.22. The van der Waals surface area contributed by atoms with Gasteiger partial charge in [-0.05, 0) is 24.3 Å². The molecule has 0 saturated carbocycles. The number of sulfonamides is 1. The van der Waals surface area contributed by atoms with E-state index in [0.717, 1.165) is 16.4 Å². The summed E-state index contributed by atoms with van der Waals surface area (Å²) in [5.74, 6) is -0.608. The average molecular weight is 202 g/mol. The predicted molar refractivity (Wildman–Crippen MR) is 46.1 cm³/mol. The highest BCUT2D eigenvalue weighted by atomic mass is 32.2. The van der Waals surface area contributed by atoms with E-state index in [1.807, 2.05) is 0 Å². The smallest absolute Gasteiger partial charge is 0.207 e. The zero-order valence-electron chi connectivity index (χ0n) is 7.28. The van der Waals surface area contributed by atoms with E-state index in [0.29, 0.717) is 0 Å². The molecule has 0 amide bonds. The molecule has 1 aromatic carbocycles. The number of benzene rings is 1. The molecule has 0 heterocycles. The summed E-state index contributed by atoms with van der Waals surface area (Å²) in [6.45, 7) is 0. The van der Waals surface area contributed by atoms with Crippen molar-refractivity contribution in [1.82, 2.24) is 4.31 Å². The van der Waals surface area contributed by atoms with Crippen molar-refractivity contribution in [3.8, 4) is 0 Å². The first-order valence-electron chi connectivity index (χ1n) is 3.54. The van der Waals surface area contributed by atoms with E-state index in [1.165, 1.54) is 20.2 Å². The molecule has 5 heteroatoms. The monoisotopic (exact) mass is 202 g/mol. The van der Waals surface area contributed by atoms with Crippen LogP contribution in [0.2, 0.25) is 0 Å². The van der Waals surface area contributed by atoms with Gasteiger partial charge in [0.05, 0.1) is 4.90 Å². The van der Waals surface area contributed by atoms with E-state index in [2.05, 4.69) is 6.07 Å². The Morgan fingerprint density at radius 1 is 1.38 bits per heavy atom. The van der Waals surface area contributed by atoms with Gasteiger partial charge in [0.25, 0.3) is 0 Å². The van der Waals surface area contributed by atoms with Gasteiger partial charge in [-0.2, -0.15) is 0 Å². The number of halogens is 1. The van der Waals surface area contributed by atoms with E-state index in [1.54, 1.807) is 0 Å². The van der Waals surface area contributed by atoms with Gasteiger partial charge in [-0.1, -0.05) is 0 Å². The van der Waals surface area contributed by atoms with Crippen LogP contribution in [0.3, 0.4) is 0 Å². The standard InChI is InChI=1S/C8H9FNO2S/c1-10(2)13(11,12)8-5-3-4-7(9)6-8/h4-6H,1-2H3. The molecular formula is C8H9FNO2S. The fourth-order valence-electron chi connectivity index (χ4n) is 0.782. The summed E-state index contributed by atoms with van der Waals surface area (Å²) in [4.78, 5) is -0.0856. The Balaban J connectivity index is 3.24. The van der Waals surface area contributed by atoms with Crippen LogP contribution in [0.4, 0.5) is 4.39 Å². The molecule has 0 aliphatic rings. The molecule has 0 unspecified atom stereocenters. The summed E-state index contributed by atoms with van der Waals surface area (Å²) in [5.41, 5.74) is 0. The highest BCUT2D eigenvalue weighted by Crippen LogP contribution is 2.13. The summed E-state index contributed by atoms with van der Waals surface area (Å²) in [5, 5.41) is 0. The maximum absolute atomic E-state index is 12.6. The molecule has 0 fully saturated rings. The molecule has 3 nitrogen and oxygen atoms in total. The second kappa shape index (κ2) is 3.43. The molecule has 1 radical (unpaired) electrons. The third kappa shape index (κ3) is 2.05. The van der Waals surface area contributed by atoms with Crippen molar-refractivity contribution in [2.24, 2.45) is 0 Å². The summed E-state index contributed by atoms with van der Waals surface area (Å²) in [7, 11) is -0.759. The van der Waals surface area contributed by atoms with Gasteiger partial charge in [-0.3, -0.25) is 0 Å². The number of rotatable bonds is 2. The van der Waals surface area contributed by atoms with Crippen molar-refractivity contribution in [1.29, 1.82) is 0 Å². The lowest BCUT2D eigenvalue weighted by molar-refractivity contribution is 0.519. The number of hydrogen-bond acceptors (Lipinski definition) is 2. The highest BCUT2D eigenvalue weighted by Gasteiger charge is 2.16. The molecule has 0 saturated heterocycles. The van der Waals surface area contributed by atoms with Crippen LogP contribution in [-0.2, 0) is 10.0 Å². The zero-order chi connectivity index (χ0) is 10.1. The van der Waals surface area contributed by atoms with Crippen LogP contribution in [0.15, 0.2) is 23.1 Å². The van der Waals surface area contributed by atoms with E-state index in [-0.39, 0.29) is 4.90 Å². The van der Waals surface area contributed by atoms with Gasteiger partial charge < -0.3 is 0 Å². The second-order valence-corrected chi connectivity index (χ2v) is 4.83. The van der Waals surface area contributed by atoms with Crippen LogP contribution in [0.5, 0.6) is 0 Å².